The molecular weight excluding hydrogens is 332 g/mol. The van der Waals surface area contributed by atoms with E-state index in [9.17, 15) is 9.59 Å². The highest BCUT2D eigenvalue weighted by atomic mass is 16.5. The van der Waals surface area contributed by atoms with E-state index in [1.807, 2.05) is 23.9 Å². The molecule has 2 rings (SSSR count). The van der Waals surface area contributed by atoms with Crippen LogP contribution in [0.25, 0.3) is 0 Å². The van der Waals surface area contributed by atoms with E-state index in [-0.39, 0.29) is 11.9 Å². The molecule has 0 aromatic rings. The van der Waals surface area contributed by atoms with Crippen LogP contribution in [-0.2, 0) is 19.1 Å². The molecule has 0 radical (unpaired) electrons. The lowest BCUT2D eigenvalue weighted by atomic mass is 9.95. The van der Waals surface area contributed by atoms with E-state index < -0.39 is 11.1 Å². The highest BCUT2D eigenvalue weighted by molar-refractivity contribution is 5.81. The van der Waals surface area contributed by atoms with Crippen LogP contribution in [0.3, 0.4) is 0 Å². The fraction of sp³-hybridized carbons (Fsp3) is 0.800. The first kappa shape index (κ1) is 20.7. The molecule has 6 nitrogen and oxygen atoms in total. The monoisotopic (exact) mass is 364 g/mol. The second kappa shape index (κ2) is 8.88. The van der Waals surface area contributed by atoms with Crippen molar-refractivity contribution >= 4 is 11.9 Å². The summed E-state index contributed by atoms with van der Waals surface area (Å²) in [6.45, 7) is 1.02. The summed E-state index contributed by atoms with van der Waals surface area (Å²) in [5.41, 5.74) is -1.07. The minimum Gasteiger partial charge on any atom is -0.468 e. The van der Waals surface area contributed by atoms with Crippen LogP contribution < -0.4 is 0 Å². The predicted molar refractivity (Wildman–Crippen MR) is 99.5 cm³/mol. The summed E-state index contributed by atoms with van der Waals surface area (Å²) in [7, 11) is 6.77. The van der Waals surface area contributed by atoms with Crippen molar-refractivity contribution in [1.29, 1.82) is 0 Å². The quantitative estimate of drug-likeness (QED) is 0.529. The summed E-state index contributed by atoms with van der Waals surface area (Å²) in [6, 6.07) is 0. The van der Waals surface area contributed by atoms with Gasteiger partial charge in [0.2, 0.25) is 0 Å². The Morgan fingerprint density at radius 2 is 1.08 bits per heavy atom. The molecule has 0 spiro atoms. The van der Waals surface area contributed by atoms with Gasteiger partial charge in [-0.3, -0.25) is 19.4 Å². The third kappa shape index (κ3) is 3.89. The molecule has 2 fully saturated rings. The third-order valence-corrected chi connectivity index (χ3v) is 6.21. The fourth-order valence-electron chi connectivity index (χ4n) is 4.43. The zero-order chi connectivity index (χ0) is 19.2. The van der Waals surface area contributed by atoms with Gasteiger partial charge < -0.3 is 9.47 Å². The molecule has 2 saturated carbocycles. The summed E-state index contributed by atoms with van der Waals surface area (Å²) in [6.07, 6.45) is 7.45. The molecule has 0 heterocycles. The highest BCUT2D eigenvalue weighted by Gasteiger charge is 2.46. The van der Waals surface area contributed by atoms with Crippen LogP contribution in [0.2, 0.25) is 0 Å². The number of hydrogen-bond acceptors (Lipinski definition) is 6. The number of ether oxygens (including phenoxy) is 2. The van der Waals surface area contributed by atoms with Crippen molar-refractivity contribution in [2.45, 2.75) is 62.4 Å². The van der Waals surface area contributed by atoms with Gasteiger partial charge in [0.25, 0.3) is 0 Å². The second-order valence-electron chi connectivity index (χ2n) is 7.53. The Morgan fingerprint density at radius 1 is 0.769 bits per heavy atom. The molecule has 0 atom stereocenters. The maximum Gasteiger partial charge on any atom is 0.326 e. The van der Waals surface area contributed by atoms with E-state index in [2.05, 4.69) is 11.8 Å². The van der Waals surface area contributed by atoms with Gasteiger partial charge in [-0.1, -0.05) is 37.5 Å². The van der Waals surface area contributed by atoms with Crippen molar-refractivity contribution in [3.05, 3.63) is 0 Å². The number of esters is 2. The number of hydrogen-bond donors (Lipinski definition) is 0. The van der Waals surface area contributed by atoms with Crippen molar-refractivity contribution in [2.24, 2.45) is 0 Å². The van der Waals surface area contributed by atoms with Gasteiger partial charge in [-0.2, -0.15) is 0 Å². The Kier molecular flexibility index (Phi) is 7.08. The number of rotatable bonds is 6. The van der Waals surface area contributed by atoms with Crippen LogP contribution in [0.5, 0.6) is 0 Å². The maximum atomic E-state index is 12.3. The third-order valence-electron chi connectivity index (χ3n) is 6.21. The Morgan fingerprint density at radius 3 is 1.35 bits per heavy atom. The zero-order valence-corrected chi connectivity index (χ0v) is 16.6. The Balaban J connectivity index is 1.97. The first-order chi connectivity index (χ1) is 12.4. The molecule has 0 aromatic heterocycles. The van der Waals surface area contributed by atoms with Gasteiger partial charge in [0, 0.05) is 0 Å². The van der Waals surface area contributed by atoms with E-state index in [0.29, 0.717) is 13.1 Å². The SMILES string of the molecule is COC(=O)C1(N(C)CC#CCN(C)C2(C(=O)OC)CCCC2)CCCC1. The van der Waals surface area contributed by atoms with Crippen LogP contribution >= 0.6 is 0 Å². The summed E-state index contributed by atoms with van der Waals surface area (Å²) >= 11 is 0. The van der Waals surface area contributed by atoms with Crippen LogP contribution in [-0.4, -0.2) is 74.2 Å². The van der Waals surface area contributed by atoms with Crippen molar-refractivity contribution in [3.8, 4) is 11.8 Å². The number of methoxy groups -OCH3 is 2. The molecule has 0 N–H and O–H groups in total. The minimum atomic E-state index is -0.534. The van der Waals surface area contributed by atoms with E-state index in [4.69, 9.17) is 9.47 Å². The van der Waals surface area contributed by atoms with Crippen LogP contribution in [0.4, 0.5) is 0 Å². The molecule has 0 amide bonds. The first-order valence-electron chi connectivity index (χ1n) is 9.48. The summed E-state index contributed by atoms with van der Waals surface area (Å²) < 4.78 is 10.1. The Bertz CT molecular complexity index is 518. The summed E-state index contributed by atoms with van der Waals surface area (Å²) in [4.78, 5) is 28.6. The van der Waals surface area contributed by atoms with Crippen LogP contribution in [0, 0.1) is 11.8 Å². The van der Waals surface area contributed by atoms with Gasteiger partial charge in [-0.15, -0.1) is 0 Å². The van der Waals surface area contributed by atoms with Gasteiger partial charge in [0.15, 0.2) is 0 Å². The highest BCUT2D eigenvalue weighted by Crippen LogP contribution is 2.36. The lowest BCUT2D eigenvalue weighted by Crippen LogP contribution is -2.52. The molecule has 26 heavy (non-hydrogen) atoms. The van der Waals surface area contributed by atoms with Gasteiger partial charge in [0.05, 0.1) is 27.3 Å². The lowest BCUT2D eigenvalue weighted by Gasteiger charge is -2.35. The number of nitrogens with zero attached hydrogens (tertiary/aromatic N) is 2. The average molecular weight is 364 g/mol. The standard InChI is InChI=1S/C20H32N2O4/c1-21(19(17(23)25-3)11-5-6-12-19)15-9-10-16-22(2)20(18(24)26-4)13-7-8-14-20/h5-8,11-16H2,1-4H3. The Hall–Kier alpha value is -1.58. The van der Waals surface area contributed by atoms with Crippen LogP contribution in [0.15, 0.2) is 0 Å². The van der Waals surface area contributed by atoms with E-state index in [0.717, 1.165) is 51.4 Å². The van der Waals surface area contributed by atoms with Gasteiger partial charge in [-0.25, -0.2) is 0 Å². The molecule has 0 bridgehead atoms. The van der Waals surface area contributed by atoms with E-state index in [1.54, 1.807) is 0 Å². The molecular formula is C20H32N2O4. The molecule has 146 valence electrons. The average Bonchev–Trinajstić information content (AvgIpc) is 3.34. The summed E-state index contributed by atoms with van der Waals surface area (Å²) in [5.74, 6) is 6.02. The van der Waals surface area contributed by atoms with Gasteiger partial charge in [0.1, 0.15) is 11.1 Å². The van der Waals surface area contributed by atoms with Crippen molar-refractivity contribution in [2.75, 3.05) is 41.4 Å². The van der Waals surface area contributed by atoms with Crippen molar-refractivity contribution in [1.82, 2.24) is 9.80 Å². The van der Waals surface area contributed by atoms with Gasteiger partial charge >= 0.3 is 11.9 Å². The maximum absolute atomic E-state index is 12.3. The van der Waals surface area contributed by atoms with Crippen LogP contribution in [0.1, 0.15) is 51.4 Å². The number of carbonyl (C=O) groups is 2. The molecule has 0 unspecified atom stereocenters. The largest absolute Gasteiger partial charge is 0.468 e. The zero-order valence-electron chi connectivity index (χ0n) is 16.6. The topological polar surface area (TPSA) is 59.1 Å². The first-order valence-corrected chi connectivity index (χ1v) is 9.48. The summed E-state index contributed by atoms with van der Waals surface area (Å²) in [5, 5.41) is 0. The lowest BCUT2D eigenvalue weighted by molar-refractivity contribution is -0.154. The molecule has 0 aromatic carbocycles. The van der Waals surface area contributed by atoms with E-state index >= 15 is 0 Å². The molecule has 2 aliphatic carbocycles. The number of likely N-dealkylation sites (N-methyl/N-ethyl adjacent to an activating group) is 2. The smallest absolute Gasteiger partial charge is 0.326 e. The molecule has 0 aliphatic heterocycles. The minimum absolute atomic E-state index is 0.160. The van der Waals surface area contributed by atoms with Crippen molar-refractivity contribution in [3.63, 3.8) is 0 Å². The van der Waals surface area contributed by atoms with Gasteiger partial charge in [-0.05, 0) is 39.8 Å². The molecule has 2 aliphatic rings. The second-order valence-corrected chi connectivity index (χ2v) is 7.53. The normalized spacial score (nSPS) is 20.7. The Labute approximate surface area is 157 Å². The number of carbonyl (C=O) groups excluding carboxylic acids is 2. The predicted octanol–water partition coefficient (Wildman–Crippen LogP) is 1.82. The molecule has 6 heteroatoms. The van der Waals surface area contributed by atoms with E-state index in [1.165, 1.54) is 14.2 Å². The fourth-order valence-corrected chi connectivity index (χ4v) is 4.43. The van der Waals surface area contributed by atoms with Crippen molar-refractivity contribution < 1.29 is 19.1 Å². The molecule has 0 saturated heterocycles.